The molecule has 1 N–H and O–H groups in total. The summed E-state index contributed by atoms with van der Waals surface area (Å²) in [5, 5.41) is 3.09. The SMILES string of the molecule is CCOC(=O)Cc1ccc(NC(=O)N2CCc3c(sc4c3CCCC4)[C@H]2c2ccccc2)cc1. The quantitative estimate of drug-likeness (QED) is 0.468. The largest absolute Gasteiger partial charge is 0.466 e. The number of urea groups is 1. The normalized spacial score (nSPS) is 17.0. The monoisotopic (exact) mass is 474 g/mol. The molecule has 2 aromatic carbocycles. The zero-order valence-corrected chi connectivity index (χ0v) is 20.3. The molecule has 1 atom stereocenters. The molecular weight excluding hydrogens is 444 g/mol. The predicted molar refractivity (Wildman–Crippen MR) is 135 cm³/mol. The van der Waals surface area contributed by atoms with Crippen molar-refractivity contribution in [2.24, 2.45) is 0 Å². The topological polar surface area (TPSA) is 58.6 Å². The Kier molecular flexibility index (Phi) is 6.68. The summed E-state index contributed by atoms with van der Waals surface area (Å²) in [5.41, 5.74) is 5.79. The Balaban J connectivity index is 1.38. The molecule has 1 aromatic heterocycles. The van der Waals surface area contributed by atoms with Crippen molar-refractivity contribution in [1.82, 2.24) is 4.90 Å². The van der Waals surface area contributed by atoms with E-state index in [0.717, 1.165) is 23.2 Å². The maximum absolute atomic E-state index is 13.5. The fourth-order valence-corrected chi connectivity index (χ4v) is 6.70. The van der Waals surface area contributed by atoms with Crippen molar-refractivity contribution in [2.75, 3.05) is 18.5 Å². The molecule has 0 unspecified atom stereocenters. The highest BCUT2D eigenvalue weighted by molar-refractivity contribution is 7.12. The molecule has 5 nitrogen and oxygen atoms in total. The van der Waals surface area contributed by atoms with Crippen LogP contribution in [0.2, 0.25) is 0 Å². The number of ether oxygens (including phenoxy) is 1. The van der Waals surface area contributed by atoms with E-state index >= 15 is 0 Å². The van der Waals surface area contributed by atoms with Gasteiger partial charge in [0.2, 0.25) is 0 Å². The average molecular weight is 475 g/mol. The highest BCUT2D eigenvalue weighted by Crippen LogP contribution is 2.45. The maximum atomic E-state index is 13.5. The number of thiophene rings is 1. The molecule has 176 valence electrons. The van der Waals surface area contributed by atoms with Crippen LogP contribution < -0.4 is 5.32 Å². The molecule has 0 saturated heterocycles. The number of benzene rings is 2. The molecule has 2 amide bonds. The Morgan fingerprint density at radius 2 is 1.76 bits per heavy atom. The zero-order chi connectivity index (χ0) is 23.5. The third-order valence-corrected chi connectivity index (χ3v) is 8.10. The molecule has 0 spiro atoms. The lowest BCUT2D eigenvalue weighted by atomic mass is 9.88. The van der Waals surface area contributed by atoms with E-state index in [9.17, 15) is 9.59 Å². The third-order valence-electron chi connectivity index (χ3n) is 6.71. The lowest BCUT2D eigenvalue weighted by Crippen LogP contribution is -2.42. The van der Waals surface area contributed by atoms with Gasteiger partial charge in [-0.1, -0.05) is 42.5 Å². The van der Waals surface area contributed by atoms with Gasteiger partial charge in [-0.05, 0) is 73.4 Å². The lowest BCUT2D eigenvalue weighted by molar-refractivity contribution is -0.142. The molecule has 2 aliphatic rings. The van der Waals surface area contributed by atoms with E-state index in [1.165, 1.54) is 41.0 Å². The smallest absolute Gasteiger partial charge is 0.322 e. The molecule has 6 heteroatoms. The van der Waals surface area contributed by atoms with E-state index in [0.29, 0.717) is 13.2 Å². The molecule has 0 saturated carbocycles. The first-order chi connectivity index (χ1) is 16.6. The summed E-state index contributed by atoms with van der Waals surface area (Å²) >= 11 is 1.91. The summed E-state index contributed by atoms with van der Waals surface area (Å²) in [5.74, 6) is -0.243. The summed E-state index contributed by atoms with van der Waals surface area (Å²) in [7, 11) is 0. The van der Waals surface area contributed by atoms with Crippen molar-refractivity contribution >= 4 is 29.0 Å². The number of fused-ring (bicyclic) bond motifs is 3. The van der Waals surface area contributed by atoms with Gasteiger partial charge in [-0.3, -0.25) is 4.79 Å². The number of hydrogen-bond acceptors (Lipinski definition) is 4. The number of esters is 1. The van der Waals surface area contributed by atoms with Gasteiger partial charge in [-0.2, -0.15) is 0 Å². The first kappa shape index (κ1) is 22.7. The molecule has 0 fully saturated rings. The third kappa shape index (κ3) is 4.60. The molecule has 3 aromatic rings. The first-order valence-corrected chi connectivity index (χ1v) is 13.0. The Bertz CT molecular complexity index is 1170. The van der Waals surface area contributed by atoms with Crippen LogP contribution in [0.5, 0.6) is 0 Å². The van der Waals surface area contributed by atoms with Crippen LogP contribution in [0, 0.1) is 0 Å². The zero-order valence-electron chi connectivity index (χ0n) is 19.5. The van der Waals surface area contributed by atoms with Crippen molar-refractivity contribution in [3.63, 3.8) is 0 Å². The lowest BCUT2D eigenvalue weighted by Gasteiger charge is -2.36. The molecule has 34 heavy (non-hydrogen) atoms. The second-order valence-electron chi connectivity index (χ2n) is 8.92. The molecule has 0 radical (unpaired) electrons. The molecular formula is C28H30N2O3S. The Morgan fingerprint density at radius 1 is 1.00 bits per heavy atom. The van der Waals surface area contributed by atoms with E-state index in [1.54, 1.807) is 12.5 Å². The fourth-order valence-electron chi connectivity index (χ4n) is 5.12. The van der Waals surface area contributed by atoms with E-state index in [2.05, 4.69) is 29.6 Å². The van der Waals surface area contributed by atoms with Gasteiger partial charge in [0.25, 0.3) is 0 Å². The number of rotatable bonds is 5. The summed E-state index contributed by atoms with van der Waals surface area (Å²) in [4.78, 5) is 30.1. The van der Waals surface area contributed by atoms with Crippen molar-refractivity contribution in [3.05, 3.63) is 86.6 Å². The van der Waals surface area contributed by atoms with Crippen molar-refractivity contribution < 1.29 is 14.3 Å². The first-order valence-electron chi connectivity index (χ1n) is 12.1. The number of carbonyl (C=O) groups excluding carboxylic acids is 2. The van der Waals surface area contributed by atoms with Crippen LogP contribution in [-0.2, 0) is 35.2 Å². The number of amides is 2. The van der Waals surface area contributed by atoms with Crippen molar-refractivity contribution in [3.8, 4) is 0 Å². The molecule has 5 rings (SSSR count). The minimum absolute atomic E-state index is 0.0661. The number of hydrogen-bond donors (Lipinski definition) is 1. The van der Waals surface area contributed by atoms with Gasteiger partial charge < -0.3 is 15.0 Å². The second-order valence-corrected chi connectivity index (χ2v) is 10.1. The Labute approximate surface area is 204 Å². The van der Waals surface area contributed by atoms with Gasteiger partial charge in [0.1, 0.15) is 0 Å². The highest BCUT2D eigenvalue weighted by Gasteiger charge is 2.36. The molecule has 1 aliphatic carbocycles. The molecule has 1 aliphatic heterocycles. The van der Waals surface area contributed by atoms with Gasteiger partial charge in [0.15, 0.2) is 0 Å². The number of carbonyl (C=O) groups is 2. The Morgan fingerprint density at radius 3 is 2.53 bits per heavy atom. The van der Waals surface area contributed by atoms with E-state index in [-0.39, 0.29) is 24.5 Å². The maximum Gasteiger partial charge on any atom is 0.322 e. The molecule has 0 bridgehead atoms. The van der Waals surface area contributed by atoms with Gasteiger partial charge in [0, 0.05) is 22.0 Å². The minimum atomic E-state index is -0.243. The van der Waals surface area contributed by atoms with Gasteiger partial charge in [0.05, 0.1) is 19.1 Å². The molecule has 2 heterocycles. The van der Waals surface area contributed by atoms with Crippen LogP contribution in [0.4, 0.5) is 10.5 Å². The van der Waals surface area contributed by atoms with Crippen LogP contribution in [0.1, 0.15) is 57.8 Å². The number of aryl methyl sites for hydroxylation is 1. The van der Waals surface area contributed by atoms with Crippen molar-refractivity contribution in [1.29, 1.82) is 0 Å². The Hall–Kier alpha value is -3.12. The summed E-state index contributed by atoms with van der Waals surface area (Å²) in [6, 6.07) is 17.6. The van der Waals surface area contributed by atoms with E-state index in [1.807, 2.05) is 46.6 Å². The van der Waals surface area contributed by atoms with Gasteiger partial charge in [-0.15, -0.1) is 11.3 Å². The summed E-state index contributed by atoms with van der Waals surface area (Å²) in [6.07, 6.45) is 6.01. The number of nitrogens with one attached hydrogen (secondary N) is 1. The summed E-state index contributed by atoms with van der Waals surface area (Å²) < 4.78 is 5.02. The standard InChI is InChI=1S/C28H30N2O3S/c1-2-33-25(31)18-19-12-14-21(15-13-19)29-28(32)30-17-16-23-22-10-6-7-11-24(22)34-27(23)26(30)20-8-4-3-5-9-20/h3-5,8-9,12-15,26H,2,6-7,10-11,16-18H2,1H3,(H,29,32)/t26-/m1/s1. The minimum Gasteiger partial charge on any atom is -0.466 e. The fraction of sp³-hybridized carbons (Fsp3) is 0.357. The van der Waals surface area contributed by atoms with Crippen LogP contribution in [0.3, 0.4) is 0 Å². The van der Waals surface area contributed by atoms with Crippen LogP contribution >= 0.6 is 11.3 Å². The number of nitrogens with zero attached hydrogens (tertiary/aromatic N) is 1. The van der Waals surface area contributed by atoms with Crippen LogP contribution in [-0.4, -0.2) is 30.1 Å². The van der Waals surface area contributed by atoms with Gasteiger partial charge >= 0.3 is 12.0 Å². The van der Waals surface area contributed by atoms with Crippen molar-refractivity contribution in [2.45, 2.75) is 51.5 Å². The van der Waals surface area contributed by atoms with E-state index in [4.69, 9.17) is 4.74 Å². The predicted octanol–water partition coefficient (Wildman–Crippen LogP) is 5.91. The van der Waals surface area contributed by atoms with Crippen LogP contribution in [0.15, 0.2) is 54.6 Å². The average Bonchev–Trinajstić information content (AvgIpc) is 3.24. The van der Waals surface area contributed by atoms with Gasteiger partial charge in [-0.25, -0.2) is 4.79 Å². The summed E-state index contributed by atoms with van der Waals surface area (Å²) in [6.45, 7) is 2.87. The second kappa shape index (κ2) is 10.0. The highest BCUT2D eigenvalue weighted by atomic mass is 32.1. The van der Waals surface area contributed by atoms with Crippen LogP contribution in [0.25, 0.3) is 0 Å². The number of anilines is 1. The van der Waals surface area contributed by atoms with E-state index < -0.39 is 0 Å².